The molecule has 5 nitrogen and oxygen atoms in total. The maximum Gasteiger partial charge on any atom is 0.330 e. The summed E-state index contributed by atoms with van der Waals surface area (Å²) >= 11 is 0. The van der Waals surface area contributed by atoms with Crippen LogP contribution in [0.1, 0.15) is 18.1 Å². The van der Waals surface area contributed by atoms with Gasteiger partial charge in [-0.25, -0.2) is 4.79 Å². The van der Waals surface area contributed by atoms with Crippen LogP contribution in [0.5, 0.6) is 11.5 Å². The number of rotatable bonds is 10. The normalized spacial score (nSPS) is 10.7. The third kappa shape index (κ3) is 6.61. The maximum atomic E-state index is 11.6. The zero-order valence-corrected chi connectivity index (χ0v) is 15.1. The van der Waals surface area contributed by atoms with Gasteiger partial charge in [-0.1, -0.05) is 30.3 Å². The topological polar surface area (TPSA) is 54.0 Å². The molecule has 0 saturated heterocycles. The minimum absolute atomic E-state index is 0.340. The fourth-order valence-corrected chi connectivity index (χ4v) is 2.19. The van der Waals surface area contributed by atoms with Gasteiger partial charge in [0.2, 0.25) is 0 Å². The van der Waals surface area contributed by atoms with E-state index in [-0.39, 0.29) is 5.97 Å². The first-order valence-corrected chi connectivity index (χ1v) is 8.50. The van der Waals surface area contributed by atoms with Crippen LogP contribution in [-0.4, -0.2) is 32.9 Å². The first kappa shape index (κ1) is 19.5. The second kappa shape index (κ2) is 10.9. The average molecular weight is 356 g/mol. The zero-order chi connectivity index (χ0) is 18.6. The molecule has 26 heavy (non-hydrogen) atoms. The second-order valence-corrected chi connectivity index (χ2v) is 5.40. The van der Waals surface area contributed by atoms with Gasteiger partial charge in [0.15, 0.2) is 0 Å². The highest BCUT2D eigenvalue weighted by molar-refractivity contribution is 5.87. The third-order valence-corrected chi connectivity index (χ3v) is 3.46. The standard InChI is InChI=1S/C21H24O5/c1-3-24-21(22)12-10-18-9-11-19(25-14-13-23-2)15-20(18)26-16-17-7-5-4-6-8-17/h4-12,15H,3,13-14,16H2,1-2H3. The molecular weight excluding hydrogens is 332 g/mol. The summed E-state index contributed by atoms with van der Waals surface area (Å²) in [6.45, 7) is 3.49. The van der Waals surface area contributed by atoms with Crippen LogP contribution in [0, 0.1) is 0 Å². The Bertz CT molecular complexity index is 710. The Morgan fingerprint density at radius 1 is 1.04 bits per heavy atom. The molecule has 0 unspecified atom stereocenters. The van der Waals surface area contributed by atoms with E-state index in [1.807, 2.05) is 48.5 Å². The molecule has 0 bridgehead atoms. The van der Waals surface area contributed by atoms with E-state index in [0.717, 1.165) is 11.1 Å². The number of methoxy groups -OCH3 is 1. The third-order valence-electron chi connectivity index (χ3n) is 3.46. The van der Waals surface area contributed by atoms with Gasteiger partial charge in [0, 0.05) is 24.8 Å². The molecule has 138 valence electrons. The van der Waals surface area contributed by atoms with Gasteiger partial charge in [0.05, 0.1) is 13.2 Å². The number of hydrogen-bond donors (Lipinski definition) is 0. The summed E-state index contributed by atoms with van der Waals surface area (Å²) in [6.07, 6.45) is 3.07. The summed E-state index contributed by atoms with van der Waals surface area (Å²) in [6, 6.07) is 15.4. The minimum Gasteiger partial charge on any atom is -0.491 e. The molecule has 0 atom stereocenters. The SMILES string of the molecule is CCOC(=O)C=Cc1ccc(OCCOC)cc1OCc1ccccc1. The van der Waals surface area contributed by atoms with Crippen LogP contribution in [0.2, 0.25) is 0 Å². The van der Waals surface area contributed by atoms with Crippen molar-refractivity contribution in [1.82, 2.24) is 0 Å². The smallest absolute Gasteiger partial charge is 0.330 e. The van der Waals surface area contributed by atoms with Crippen LogP contribution in [0.15, 0.2) is 54.6 Å². The quantitative estimate of drug-likeness (QED) is 0.367. The molecule has 0 aliphatic carbocycles. The Hall–Kier alpha value is -2.79. The Morgan fingerprint density at radius 2 is 1.85 bits per heavy atom. The first-order chi connectivity index (χ1) is 12.7. The average Bonchev–Trinajstić information content (AvgIpc) is 2.67. The van der Waals surface area contributed by atoms with Crippen LogP contribution in [0.4, 0.5) is 0 Å². The molecule has 0 fully saturated rings. The van der Waals surface area contributed by atoms with Crippen molar-refractivity contribution < 1.29 is 23.7 Å². The second-order valence-electron chi connectivity index (χ2n) is 5.40. The predicted octanol–water partition coefficient (Wildman–Crippen LogP) is 3.87. The molecule has 0 heterocycles. The van der Waals surface area contributed by atoms with Crippen LogP contribution in [-0.2, 0) is 20.9 Å². The molecule has 0 radical (unpaired) electrons. The number of ether oxygens (including phenoxy) is 4. The summed E-state index contributed by atoms with van der Waals surface area (Å²) in [5.41, 5.74) is 1.83. The largest absolute Gasteiger partial charge is 0.491 e. The van der Waals surface area contributed by atoms with Gasteiger partial charge in [-0.2, -0.15) is 0 Å². The van der Waals surface area contributed by atoms with Crippen molar-refractivity contribution in [1.29, 1.82) is 0 Å². The van der Waals surface area contributed by atoms with Crippen molar-refractivity contribution in [3.05, 3.63) is 65.7 Å². The maximum absolute atomic E-state index is 11.6. The van der Waals surface area contributed by atoms with E-state index in [2.05, 4.69) is 0 Å². The highest BCUT2D eigenvalue weighted by atomic mass is 16.5. The van der Waals surface area contributed by atoms with E-state index in [1.165, 1.54) is 6.08 Å². The molecule has 0 spiro atoms. The van der Waals surface area contributed by atoms with Crippen molar-refractivity contribution >= 4 is 12.0 Å². The van der Waals surface area contributed by atoms with Crippen molar-refractivity contribution in [2.45, 2.75) is 13.5 Å². The molecule has 0 aliphatic heterocycles. The lowest BCUT2D eigenvalue weighted by Crippen LogP contribution is -2.05. The number of carbonyl (C=O) groups excluding carboxylic acids is 1. The molecule has 5 heteroatoms. The highest BCUT2D eigenvalue weighted by Gasteiger charge is 2.06. The molecule has 2 aromatic carbocycles. The lowest BCUT2D eigenvalue weighted by molar-refractivity contribution is -0.137. The summed E-state index contributed by atoms with van der Waals surface area (Å²) in [5.74, 6) is 0.921. The van der Waals surface area contributed by atoms with Gasteiger partial charge in [0.1, 0.15) is 24.7 Å². The van der Waals surface area contributed by atoms with Gasteiger partial charge in [0.25, 0.3) is 0 Å². The molecule has 0 aromatic heterocycles. The zero-order valence-electron chi connectivity index (χ0n) is 15.1. The number of esters is 1. The lowest BCUT2D eigenvalue weighted by Gasteiger charge is -2.12. The summed E-state index contributed by atoms with van der Waals surface area (Å²) in [7, 11) is 1.63. The van der Waals surface area contributed by atoms with Gasteiger partial charge < -0.3 is 18.9 Å². The molecule has 2 rings (SSSR count). The minimum atomic E-state index is -0.387. The number of hydrogen-bond acceptors (Lipinski definition) is 5. The first-order valence-electron chi connectivity index (χ1n) is 8.50. The van der Waals surface area contributed by atoms with Crippen molar-refractivity contribution in [2.75, 3.05) is 26.9 Å². The van der Waals surface area contributed by atoms with Crippen LogP contribution in [0.3, 0.4) is 0 Å². The Kier molecular flexibility index (Phi) is 8.23. The highest BCUT2D eigenvalue weighted by Crippen LogP contribution is 2.27. The molecular formula is C21H24O5. The lowest BCUT2D eigenvalue weighted by atomic mass is 10.1. The van der Waals surface area contributed by atoms with Gasteiger partial charge >= 0.3 is 5.97 Å². The summed E-state index contributed by atoms with van der Waals surface area (Å²) in [4.78, 5) is 11.6. The summed E-state index contributed by atoms with van der Waals surface area (Å²) < 4.78 is 21.5. The van der Waals surface area contributed by atoms with Crippen molar-refractivity contribution in [3.63, 3.8) is 0 Å². The van der Waals surface area contributed by atoms with Crippen LogP contribution in [0.25, 0.3) is 6.08 Å². The Labute approximate surface area is 154 Å². The van der Waals surface area contributed by atoms with E-state index >= 15 is 0 Å². The summed E-state index contributed by atoms with van der Waals surface area (Å²) in [5, 5.41) is 0. The molecule has 0 aliphatic rings. The fraction of sp³-hybridized carbons (Fsp3) is 0.286. The van der Waals surface area contributed by atoms with Gasteiger partial charge in [-0.15, -0.1) is 0 Å². The Morgan fingerprint density at radius 3 is 2.58 bits per heavy atom. The fourth-order valence-electron chi connectivity index (χ4n) is 2.19. The molecule has 0 saturated carbocycles. The van der Waals surface area contributed by atoms with Crippen molar-refractivity contribution in [2.24, 2.45) is 0 Å². The van der Waals surface area contributed by atoms with E-state index in [1.54, 1.807) is 20.1 Å². The molecule has 0 amide bonds. The number of carbonyl (C=O) groups is 1. The van der Waals surface area contributed by atoms with Crippen LogP contribution >= 0.6 is 0 Å². The van der Waals surface area contributed by atoms with E-state index in [4.69, 9.17) is 18.9 Å². The van der Waals surface area contributed by atoms with Crippen LogP contribution < -0.4 is 9.47 Å². The Balaban J connectivity index is 2.14. The van der Waals surface area contributed by atoms with Gasteiger partial charge in [-0.05, 0) is 30.7 Å². The predicted molar refractivity (Wildman–Crippen MR) is 100 cm³/mol. The monoisotopic (exact) mass is 356 g/mol. The van der Waals surface area contributed by atoms with E-state index in [0.29, 0.717) is 37.9 Å². The number of benzene rings is 2. The van der Waals surface area contributed by atoms with Gasteiger partial charge in [-0.3, -0.25) is 0 Å². The molecule has 0 N–H and O–H groups in total. The van der Waals surface area contributed by atoms with E-state index < -0.39 is 0 Å². The van der Waals surface area contributed by atoms with E-state index in [9.17, 15) is 4.79 Å². The van der Waals surface area contributed by atoms with Crippen molar-refractivity contribution in [3.8, 4) is 11.5 Å². The molecule has 2 aromatic rings.